The largest absolute Gasteiger partial charge is 0.459 e. The Hall–Kier alpha value is -2.82. The number of fused-ring (bicyclic) bond motifs is 5. The minimum atomic E-state index is -2.09. The Bertz CT molecular complexity index is 2680. The third kappa shape index (κ3) is 11.6. The molecule has 518 valence electrons. The summed E-state index contributed by atoms with van der Waals surface area (Å²) in [5, 5.41) is 165. The topological polar surface area (TPSA) is 482 Å². The first-order valence-corrected chi connectivity index (χ1v) is 31.4. The van der Waals surface area contributed by atoms with Crippen molar-refractivity contribution in [3.63, 3.8) is 0 Å². The molecule has 10 aliphatic rings. The predicted octanol–water partition coefficient (Wildman–Crippen LogP) is -5.72. The molecule has 0 amide bonds. The van der Waals surface area contributed by atoms with Crippen molar-refractivity contribution in [2.24, 2.45) is 33.5 Å². The molecule has 0 radical (unpaired) electrons. The average molecular weight is 1310 g/mol. The van der Waals surface area contributed by atoms with E-state index in [0.717, 1.165) is 0 Å². The number of carbonyl (C=O) groups is 4. The van der Waals surface area contributed by atoms with Gasteiger partial charge in [-0.15, -0.1) is 0 Å². The number of Topliss-reactive ketones (excluding diaryl/α,β-unsaturated/α-hetero) is 3. The van der Waals surface area contributed by atoms with Crippen LogP contribution >= 0.6 is 0 Å². The zero-order valence-corrected chi connectivity index (χ0v) is 52.0. The first kappa shape index (κ1) is 71.0. The van der Waals surface area contributed by atoms with Crippen molar-refractivity contribution in [1.82, 2.24) is 0 Å². The van der Waals surface area contributed by atoms with Crippen LogP contribution in [0.4, 0.5) is 0 Å². The molecule has 6 saturated heterocycles. The molecule has 0 unspecified atom stereocenters. The number of carbonyl (C=O) groups excluding carboxylic acids is 4. The van der Waals surface area contributed by atoms with Gasteiger partial charge in [0.15, 0.2) is 54.9 Å². The highest BCUT2D eigenvalue weighted by Gasteiger charge is 2.77. The number of aliphatic hydroxyl groups is 15. The molecule has 0 aromatic rings. The fourth-order valence-corrected chi connectivity index (χ4v) is 16.9. The van der Waals surface area contributed by atoms with Gasteiger partial charge in [-0.3, -0.25) is 19.2 Å². The molecular weight excluding hydrogens is 1220 g/mol. The van der Waals surface area contributed by atoms with E-state index in [9.17, 15) is 86.2 Å². The van der Waals surface area contributed by atoms with Gasteiger partial charge in [-0.05, 0) is 38.5 Å². The second-order valence-electron chi connectivity index (χ2n) is 27.6. The Labute approximate surface area is 523 Å². The molecule has 0 aromatic carbocycles. The standard InChI is InChI=1S/C60H92O31/c1-9-24(65)47-46(83-23(4)64)21(2)60(91-47)13-12-58(7)34-25(66)14-31-56(5,33(34)26(67)15-59(58,60)8)11-10-32(57(31,6)20-63)87-52-44(78)42(76)38(72)30(86-52)19-81-54-49(36(70)27(68)18-80-54)89-55-50(90-51-43(77)40(74)35(69)22(3)82-51)48(39(73)29(17-62)85-55)88-53-45(79)41(75)37(71)28(16-61)84-53/h21-22,27-32,35-55,61-63,68-79H,9-20H2,1-8H3/t21-,22+,27+,28-,29-,30-,31-,32+,35+,36+,37-,38-,39-,40-,41+,42+,43-,44-,45-,46-,47-,48+,49-,50-,51+,52+,53+,54+,55+,56+,57-,58+,59+,60+/m1/s1. The highest BCUT2D eigenvalue weighted by atomic mass is 16.8. The molecule has 8 fully saturated rings. The SMILES string of the molecule is CCC(=O)[C@H]1O[C@@]2(CC[C@@]3(C)C4=C(C(=O)C[C@@]32C)[C@@]2(C)CC[C@H](O[C@@H]3O[C@H](CO[C@@H]5OC[C@H](O)[C@H](O)[C@H]5O[C@@H]5O[C@H](CO)[C@@H](O)[C@H](O[C@@H]6O[C@H](CO)[C@@H](O)[C@H](O)[C@H]6O)[C@H]5O[C@@H]5O[C@@H](C)[C@H](O)[C@@H](O)[C@H]5O)[C@@H](O)[C@H](O)[C@H]3O)[C@](C)(CO)[C@@H]2CC4=O)[C@H](C)[C@H]1OC(C)=O. The number of aliphatic hydroxyl groups excluding tert-OH is 15. The Morgan fingerprint density at radius 3 is 1.76 bits per heavy atom. The van der Waals surface area contributed by atoms with Crippen molar-refractivity contribution >= 4 is 23.3 Å². The van der Waals surface area contributed by atoms with E-state index in [4.69, 9.17) is 56.8 Å². The number of hydrogen-bond donors (Lipinski definition) is 15. The van der Waals surface area contributed by atoms with Gasteiger partial charge in [-0.1, -0.05) is 41.5 Å². The molecule has 1 spiro atoms. The number of ketones is 3. The van der Waals surface area contributed by atoms with Gasteiger partial charge in [0.2, 0.25) is 0 Å². The maximum Gasteiger partial charge on any atom is 0.303 e. The highest BCUT2D eigenvalue weighted by molar-refractivity contribution is 6.11. The summed E-state index contributed by atoms with van der Waals surface area (Å²) >= 11 is 0. The van der Waals surface area contributed by atoms with Crippen LogP contribution in [0.2, 0.25) is 0 Å². The van der Waals surface area contributed by atoms with E-state index in [0.29, 0.717) is 24.0 Å². The fourth-order valence-electron chi connectivity index (χ4n) is 16.9. The molecule has 6 aliphatic heterocycles. The molecule has 0 aromatic heterocycles. The van der Waals surface area contributed by atoms with Gasteiger partial charge in [-0.25, -0.2) is 0 Å². The lowest BCUT2D eigenvalue weighted by molar-refractivity contribution is -0.406. The average Bonchev–Trinajstić information content (AvgIpc) is 1.57. The predicted molar refractivity (Wildman–Crippen MR) is 297 cm³/mol. The first-order chi connectivity index (χ1) is 42.7. The van der Waals surface area contributed by atoms with Crippen molar-refractivity contribution in [3.05, 3.63) is 11.1 Å². The molecule has 0 bridgehead atoms. The van der Waals surface area contributed by atoms with E-state index in [1.165, 1.54) is 13.8 Å². The van der Waals surface area contributed by atoms with Gasteiger partial charge in [-0.2, -0.15) is 0 Å². The van der Waals surface area contributed by atoms with Crippen LogP contribution in [0, 0.1) is 33.5 Å². The maximum atomic E-state index is 15.2. The minimum absolute atomic E-state index is 0.0675. The van der Waals surface area contributed by atoms with Crippen molar-refractivity contribution in [2.75, 3.05) is 33.0 Å². The zero-order chi connectivity index (χ0) is 66.7. The molecular formula is C60H92O31. The summed E-state index contributed by atoms with van der Waals surface area (Å²) in [6.45, 7) is 9.66. The van der Waals surface area contributed by atoms with Crippen LogP contribution in [0.3, 0.4) is 0 Å². The number of esters is 1. The van der Waals surface area contributed by atoms with Crippen LogP contribution < -0.4 is 0 Å². The summed E-state index contributed by atoms with van der Waals surface area (Å²) in [5.41, 5.74) is -4.81. The molecule has 15 N–H and O–H groups in total. The number of ether oxygens (including phenoxy) is 12. The second-order valence-corrected chi connectivity index (χ2v) is 27.6. The Kier molecular flexibility index (Phi) is 20.7. The van der Waals surface area contributed by atoms with Gasteiger partial charge in [0.25, 0.3) is 0 Å². The van der Waals surface area contributed by atoms with Gasteiger partial charge in [0.05, 0.1) is 50.8 Å². The molecule has 4 aliphatic carbocycles. The van der Waals surface area contributed by atoms with E-state index in [1.54, 1.807) is 13.8 Å². The van der Waals surface area contributed by atoms with E-state index >= 15 is 9.59 Å². The van der Waals surface area contributed by atoms with Crippen molar-refractivity contribution in [2.45, 2.75) is 272 Å². The summed E-state index contributed by atoms with van der Waals surface area (Å²) in [6, 6.07) is 0. The second kappa shape index (κ2) is 26.5. The van der Waals surface area contributed by atoms with Gasteiger partial charge < -0.3 is 133 Å². The smallest absolute Gasteiger partial charge is 0.303 e. The van der Waals surface area contributed by atoms with Crippen molar-refractivity contribution in [1.29, 1.82) is 0 Å². The Morgan fingerprint density at radius 1 is 0.582 bits per heavy atom. The van der Waals surface area contributed by atoms with E-state index in [1.807, 2.05) is 27.7 Å². The molecule has 10 rings (SSSR count). The van der Waals surface area contributed by atoms with Gasteiger partial charge >= 0.3 is 5.97 Å². The molecule has 6 heterocycles. The van der Waals surface area contributed by atoms with Gasteiger partial charge in [0.1, 0.15) is 116 Å². The van der Waals surface area contributed by atoms with Crippen LogP contribution in [0.15, 0.2) is 11.1 Å². The molecule has 34 atom stereocenters. The lowest BCUT2D eigenvalue weighted by Gasteiger charge is -2.62. The third-order valence-corrected chi connectivity index (χ3v) is 22.5. The zero-order valence-electron chi connectivity index (χ0n) is 52.0. The summed E-state index contributed by atoms with van der Waals surface area (Å²) in [7, 11) is 0. The summed E-state index contributed by atoms with van der Waals surface area (Å²) in [4.78, 5) is 56.2. The summed E-state index contributed by atoms with van der Waals surface area (Å²) in [5.74, 6) is -2.76. The minimum Gasteiger partial charge on any atom is -0.459 e. The van der Waals surface area contributed by atoms with Crippen molar-refractivity contribution < 1.29 is 153 Å². The Balaban J connectivity index is 0.877. The first-order valence-electron chi connectivity index (χ1n) is 31.4. The van der Waals surface area contributed by atoms with Crippen LogP contribution in [0.1, 0.15) is 100 Å². The lowest BCUT2D eigenvalue weighted by Crippen LogP contribution is -2.68. The summed E-state index contributed by atoms with van der Waals surface area (Å²) < 4.78 is 72.5. The molecule has 31 heteroatoms. The monoisotopic (exact) mass is 1310 g/mol. The molecule has 91 heavy (non-hydrogen) atoms. The van der Waals surface area contributed by atoms with Gasteiger partial charge in [0, 0.05) is 64.9 Å². The molecule has 2 saturated carbocycles. The highest BCUT2D eigenvalue weighted by Crippen LogP contribution is 2.74. The van der Waals surface area contributed by atoms with Crippen molar-refractivity contribution in [3.8, 4) is 0 Å². The van der Waals surface area contributed by atoms with Crippen LogP contribution in [0.25, 0.3) is 0 Å². The van der Waals surface area contributed by atoms with Crippen LogP contribution in [-0.4, -0.2) is 304 Å². The van der Waals surface area contributed by atoms with Crippen LogP contribution in [-0.2, 0) is 76.0 Å². The van der Waals surface area contributed by atoms with E-state index in [-0.39, 0.29) is 49.5 Å². The fraction of sp³-hybridized carbons (Fsp3) is 0.900. The number of hydrogen-bond acceptors (Lipinski definition) is 31. The summed E-state index contributed by atoms with van der Waals surface area (Å²) in [6.07, 6.45) is -46.8. The normalized spacial score (nSPS) is 52.6. The quantitative estimate of drug-likeness (QED) is 0.0604. The van der Waals surface area contributed by atoms with E-state index in [2.05, 4.69) is 0 Å². The van der Waals surface area contributed by atoms with E-state index < -0.39 is 244 Å². The Morgan fingerprint density at radius 2 is 1.14 bits per heavy atom. The molecule has 31 nitrogen and oxygen atoms in total. The number of allylic oxidation sites excluding steroid dienone is 2. The lowest BCUT2D eigenvalue weighted by atomic mass is 9.42. The number of rotatable bonds is 17. The third-order valence-electron chi connectivity index (χ3n) is 22.5. The maximum absolute atomic E-state index is 15.2. The van der Waals surface area contributed by atoms with Crippen LogP contribution in [0.5, 0.6) is 0 Å².